The topological polar surface area (TPSA) is 61.4 Å². The molecule has 2 heterocycles. The number of benzene rings is 1. The first-order chi connectivity index (χ1) is 12.8. The lowest BCUT2D eigenvalue weighted by molar-refractivity contribution is 0.0812. The van der Waals surface area contributed by atoms with Crippen molar-refractivity contribution in [3.05, 3.63) is 52.2 Å². The monoisotopic (exact) mass is 385 g/mol. The van der Waals surface area contributed by atoms with Gasteiger partial charge in [0.2, 0.25) is 0 Å². The predicted octanol–water partition coefficient (Wildman–Crippen LogP) is 3.99. The van der Waals surface area contributed by atoms with E-state index in [1.807, 2.05) is 11.4 Å². The van der Waals surface area contributed by atoms with Crippen LogP contribution in [0.1, 0.15) is 53.6 Å². The molecule has 2 aromatic rings. The van der Waals surface area contributed by atoms with Gasteiger partial charge in [-0.1, -0.05) is 12.1 Å². The smallest absolute Gasteiger partial charge is 0.265 e. The maximum atomic E-state index is 12.6. The Hall–Kier alpha value is -2.18. The van der Waals surface area contributed by atoms with Gasteiger partial charge in [-0.05, 0) is 63.3 Å². The van der Waals surface area contributed by atoms with E-state index in [9.17, 15) is 9.59 Å². The largest absolute Gasteiger partial charge is 0.349 e. The lowest BCUT2D eigenvalue weighted by atomic mass is 9.98. The minimum absolute atomic E-state index is 0.0866. The van der Waals surface area contributed by atoms with Gasteiger partial charge in [0.05, 0.1) is 4.88 Å². The summed E-state index contributed by atoms with van der Waals surface area (Å²) in [6.07, 6.45) is 1.91. The SMILES string of the molecule is CC(C)(C)N1CCC(NC(=O)c2cccc(NC(=O)c3cccs3)c2)CC1. The number of hydrogen-bond acceptors (Lipinski definition) is 4. The summed E-state index contributed by atoms with van der Waals surface area (Å²) >= 11 is 1.39. The third-order valence-corrected chi connectivity index (χ3v) is 5.78. The van der Waals surface area contributed by atoms with E-state index in [-0.39, 0.29) is 23.4 Å². The highest BCUT2D eigenvalue weighted by Gasteiger charge is 2.27. The summed E-state index contributed by atoms with van der Waals surface area (Å²) in [6, 6.07) is 10.9. The van der Waals surface area contributed by atoms with Crippen molar-refractivity contribution in [3.8, 4) is 0 Å². The number of nitrogens with one attached hydrogen (secondary N) is 2. The highest BCUT2D eigenvalue weighted by Crippen LogP contribution is 2.21. The molecule has 6 heteroatoms. The molecule has 0 unspecified atom stereocenters. The van der Waals surface area contributed by atoms with Crippen molar-refractivity contribution in [1.29, 1.82) is 0 Å². The van der Waals surface area contributed by atoms with E-state index in [1.165, 1.54) is 11.3 Å². The fourth-order valence-electron chi connectivity index (χ4n) is 3.30. The number of anilines is 1. The van der Waals surface area contributed by atoms with Gasteiger partial charge in [0, 0.05) is 35.9 Å². The summed E-state index contributed by atoms with van der Waals surface area (Å²) in [5.41, 5.74) is 1.37. The van der Waals surface area contributed by atoms with Crippen molar-refractivity contribution in [3.63, 3.8) is 0 Å². The molecular formula is C21H27N3O2S. The quantitative estimate of drug-likeness (QED) is 0.836. The first-order valence-corrected chi connectivity index (χ1v) is 10.2. The van der Waals surface area contributed by atoms with Gasteiger partial charge in [-0.3, -0.25) is 14.5 Å². The van der Waals surface area contributed by atoms with E-state index in [0.717, 1.165) is 25.9 Å². The first kappa shape index (κ1) is 19.6. The van der Waals surface area contributed by atoms with Crippen molar-refractivity contribution in [2.45, 2.75) is 45.2 Å². The molecule has 144 valence electrons. The van der Waals surface area contributed by atoms with E-state index in [4.69, 9.17) is 0 Å². The molecule has 1 fully saturated rings. The zero-order valence-corrected chi connectivity index (χ0v) is 16.9. The Balaban J connectivity index is 1.57. The molecule has 27 heavy (non-hydrogen) atoms. The summed E-state index contributed by atoms with van der Waals surface area (Å²) in [4.78, 5) is 27.9. The van der Waals surface area contributed by atoms with Crippen LogP contribution in [0.2, 0.25) is 0 Å². The summed E-state index contributed by atoms with van der Waals surface area (Å²) in [6.45, 7) is 8.66. The van der Waals surface area contributed by atoms with E-state index < -0.39 is 0 Å². The van der Waals surface area contributed by atoms with Crippen molar-refractivity contribution in [1.82, 2.24) is 10.2 Å². The average Bonchev–Trinajstić information content (AvgIpc) is 3.16. The van der Waals surface area contributed by atoms with Gasteiger partial charge in [0.1, 0.15) is 0 Å². The number of amides is 2. The molecule has 0 bridgehead atoms. The Bertz CT molecular complexity index is 788. The van der Waals surface area contributed by atoms with Gasteiger partial charge in [-0.25, -0.2) is 0 Å². The van der Waals surface area contributed by atoms with Gasteiger partial charge >= 0.3 is 0 Å². The molecule has 1 aliphatic rings. The van der Waals surface area contributed by atoms with Crippen molar-refractivity contribution >= 4 is 28.8 Å². The molecule has 5 nitrogen and oxygen atoms in total. The van der Waals surface area contributed by atoms with Crippen LogP contribution >= 0.6 is 11.3 Å². The van der Waals surface area contributed by atoms with E-state index in [1.54, 1.807) is 30.3 Å². The molecule has 1 aliphatic heterocycles. The molecule has 0 aliphatic carbocycles. The van der Waals surface area contributed by atoms with Gasteiger partial charge in [0.15, 0.2) is 0 Å². The normalized spacial score (nSPS) is 16.1. The summed E-state index contributed by atoms with van der Waals surface area (Å²) in [5.74, 6) is -0.242. The van der Waals surface area contributed by atoms with E-state index in [0.29, 0.717) is 16.1 Å². The predicted molar refractivity (Wildman–Crippen MR) is 111 cm³/mol. The molecule has 2 amide bonds. The summed E-state index contributed by atoms with van der Waals surface area (Å²) in [5, 5.41) is 7.85. The minimum Gasteiger partial charge on any atom is -0.349 e. The number of rotatable bonds is 4. The van der Waals surface area contributed by atoms with E-state index >= 15 is 0 Å². The number of carbonyl (C=O) groups is 2. The van der Waals surface area contributed by atoms with Crippen molar-refractivity contribution in [2.75, 3.05) is 18.4 Å². The van der Waals surface area contributed by atoms with Crippen LogP contribution < -0.4 is 10.6 Å². The second kappa shape index (κ2) is 8.23. The zero-order valence-electron chi connectivity index (χ0n) is 16.1. The molecule has 0 radical (unpaired) electrons. The second-order valence-corrected chi connectivity index (χ2v) is 8.87. The van der Waals surface area contributed by atoms with Crippen molar-refractivity contribution in [2.24, 2.45) is 0 Å². The van der Waals surface area contributed by atoms with Gasteiger partial charge in [0.25, 0.3) is 11.8 Å². The Morgan fingerprint density at radius 1 is 1.07 bits per heavy atom. The Labute approximate surface area is 164 Å². The molecule has 3 rings (SSSR count). The van der Waals surface area contributed by atoms with Crippen LogP contribution in [-0.4, -0.2) is 41.4 Å². The van der Waals surface area contributed by atoms with Crippen LogP contribution in [0.3, 0.4) is 0 Å². The zero-order chi connectivity index (χ0) is 19.4. The third kappa shape index (κ3) is 5.17. The Morgan fingerprint density at radius 3 is 2.44 bits per heavy atom. The Morgan fingerprint density at radius 2 is 1.81 bits per heavy atom. The van der Waals surface area contributed by atoms with Crippen LogP contribution in [-0.2, 0) is 0 Å². The third-order valence-electron chi connectivity index (χ3n) is 4.91. The fourth-order valence-corrected chi connectivity index (χ4v) is 3.92. The lowest BCUT2D eigenvalue weighted by Crippen LogP contribution is -2.50. The molecule has 0 atom stereocenters. The highest BCUT2D eigenvalue weighted by atomic mass is 32.1. The maximum absolute atomic E-state index is 12.6. The molecule has 1 aromatic carbocycles. The summed E-state index contributed by atoms with van der Waals surface area (Å²) in [7, 11) is 0. The lowest BCUT2D eigenvalue weighted by Gasteiger charge is -2.41. The molecule has 0 spiro atoms. The average molecular weight is 386 g/mol. The maximum Gasteiger partial charge on any atom is 0.265 e. The number of hydrogen-bond donors (Lipinski definition) is 2. The van der Waals surface area contributed by atoms with Crippen LogP contribution in [0.5, 0.6) is 0 Å². The first-order valence-electron chi connectivity index (χ1n) is 9.34. The van der Waals surface area contributed by atoms with Crippen molar-refractivity contribution < 1.29 is 9.59 Å². The number of nitrogens with zero attached hydrogens (tertiary/aromatic N) is 1. The van der Waals surface area contributed by atoms with Crippen LogP contribution in [0, 0.1) is 0 Å². The Kier molecular flexibility index (Phi) is 5.97. The van der Waals surface area contributed by atoms with Crippen LogP contribution in [0.4, 0.5) is 5.69 Å². The van der Waals surface area contributed by atoms with Gasteiger partial charge in [-0.15, -0.1) is 11.3 Å². The molecule has 0 saturated carbocycles. The van der Waals surface area contributed by atoms with Crippen LogP contribution in [0.15, 0.2) is 41.8 Å². The molecule has 1 aromatic heterocycles. The number of likely N-dealkylation sites (tertiary alicyclic amines) is 1. The second-order valence-electron chi connectivity index (χ2n) is 7.92. The molecular weight excluding hydrogens is 358 g/mol. The molecule has 2 N–H and O–H groups in total. The number of thiophene rings is 1. The molecule has 1 saturated heterocycles. The number of piperidine rings is 1. The highest BCUT2D eigenvalue weighted by molar-refractivity contribution is 7.12. The summed E-state index contributed by atoms with van der Waals surface area (Å²) < 4.78 is 0. The minimum atomic E-state index is -0.155. The standard InChI is InChI=1S/C21H27N3O2S/c1-21(2,3)24-11-9-16(10-12-24)22-19(25)15-6-4-7-17(14-15)23-20(26)18-8-5-13-27-18/h4-8,13-14,16H,9-12H2,1-3H3,(H,22,25)(H,23,26). The van der Waals surface area contributed by atoms with Crippen LogP contribution in [0.25, 0.3) is 0 Å². The van der Waals surface area contributed by atoms with E-state index in [2.05, 4.69) is 36.3 Å². The fraction of sp³-hybridized carbons (Fsp3) is 0.429. The van der Waals surface area contributed by atoms with Gasteiger partial charge in [-0.2, -0.15) is 0 Å². The van der Waals surface area contributed by atoms with Gasteiger partial charge < -0.3 is 10.6 Å². The number of carbonyl (C=O) groups excluding carboxylic acids is 2.